The normalized spacial score (nSPS) is 20.8. The SMILES string of the molecule is CSC(CO)C(C)NC(=O)NC1CCCCCC1. The largest absolute Gasteiger partial charge is 0.395 e. The van der Waals surface area contributed by atoms with Crippen molar-refractivity contribution in [1.82, 2.24) is 10.6 Å². The Kier molecular flexibility index (Phi) is 7.51. The molecule has 0 aromatic rings. The molecule has 0 aliphatic heterocycles. The number of hydrogen-bond acceptors (Lipinski definition) is 3. The second-order valence-corrected chi connectivity index (χ2v) is 6.13. The molecule has 3 N–H and O–H groups in total. The molecule has 1 aliphatic rings. The van der Waals surface area contributed by atoms with Crippen molar-refractivity contribution in [2.24, 2.45) is 0 Å². The summed E-state index contributed by atoms with van der Waals surface area (Å²) in [6, 6.07) is 0.208. The number of aliphatic hydroxyl groups excluding tert-OH is 1. The van der Waals surface area contributed by atoms with Gasteiger partial charge in [-0.2, -0.15) is 11.8 Å². The van der Waals surface area contributed by atoms with Crippen LogP contribution in [0.5, 0.6) is 0 Å². The van der Waals surface area contributed by atoms with E-state index in [-0.39, 0.29) is 23.9 Å². The van der Waals surface area contributed by atoms with E-state index in [4.69, 9.17) is 0 Å². The van der Waals surface area contributed by atoms with Gasteiger partial charge in [0.25, 0.3) is 0 Å². The van der Waals surface area contributed by atoms with Gasteiger partial charge in [-0.1, -0.05) is 25.7 Å². The molecule has 0 aromatic heterocycles. The number of carbonyl (C=O) groups is 1. The Morgan fingerprint density at radius 2 is 1.94 bits per heavy atom. The molecule has 2 atom stereocenters. The lowest BCUT2D eigenvalue weighted by atomic mass is 10.1. The zero-order valence-electron chi connectivity index (χ0n) is 11.4. The first-order chi connectivity index (χ1) is 8.67. The summed E-state index contributed by atoms with van der Waals surface area (Å²) in [6.07, 6.45) is 9.13. The molecule has 2 unspecified atom stereocenters. The van der Waals surface area contributed by atoms with Crippen molar-refractivity contribution in [3.05, 3.63) is 0 Å². The Morgan fingerprint density at radius 1 is 1.33 bits per heavy atom. The van der Waals surface area contributed by atoms with Gasteiger partial charge in [0.15, 0.2) is 0 Å². The smallest absolute Gasteiger partial charge is 0.315 e. The van der Waals surface area contributed by atoms with Crippen molar-refractivity contribution >= 4 is 17.8 Å². The van der Waals surface area contributed by atoms with Crippen LogP contribution >= 0.6 is 11.8 Å². The maximum Gasteiger partial charge on any atom is 0.315 e. The minimum atomic E-state index is -0.0955. The molecule has 5 heteroatoms. The first-order valence-corrected chi connectivity index (χ1v) is 8.16. The van der Waals surface area contributed by atoms with Crippen molar-refractivity contribution in [1.29, 1.82) is 0 Å². The van der Waals surface area contributed by atoms with E-state index in [1.165, 1.54) is 25.7 Å². The molecular weight excluding hydrogens is 248 g/mol. The van der Waals surface area contributed by atoms with Crippen LogP contribution in [-0.2, 0) is 0 Å². The monoisotopic (exact) mass is 274 g/mol. The molecule has 0 heterocycles. The van der Waals surface area contributed by atoms with Gasteiger partial charge in [0.05, 0.1) is 6.61 Å². The van der Waals surface area contributed by atoms with Crippen molar-refractivity contribution in [3.63, 3.8) is 0 Å². The lowest BCUT2D eigenvalue weighted by Crippen LogP contribution is -2.49. The van der Waals surface area contributed by atoms with Crippen molar-refractivity contribution in [3.8, 4) is 0 Å². The van der Waals surface area contributed by atoms with E-state index < -0.39 is 0 Å². The molecule has 4 nitrogen and oxygen atoms in total. The van der Waals surface area contributed by atoms with Crippen LogP contribution in [0, 0.1) is 0 Å². The van der Waals surface area contributed by atoms with E-state index in [1.807, 2.05) is 13.2 Å². The summed E-state index contributed by atoms with van der Waals surface area (Å²) in [5.41, 5.74) is 0. The highest BCUT2D eigenvalue weighted by Gasteiger charge is 2.19. The topological polar surface area (TPSA) is 61.4 Å². The summed E-state index contributed by atoms with van der Waals surface area (Å²) in [7, 11) is 0. The van der Waals surface area contributed by atoms with Gasteiger partial charge in [-0.05, 0) is 26.0 Å². The molecule has 0 bridgehead atoms. The van der Waals surface area contributed by atoms with E-state index >= 15 is 0 Å². The minimum Gasteiger partial charge on any atom is -0.395 e. The van der Waals surface area contributed by atoms with Gasteiger partial charge in [-0.25, -0.2) is 4.79 Å². The number of aliphatic hydroxyl groups is 1. The van der Waals surface area contributed by atoms with Crippen LogP contribution in [0.4, 0.5) is 4.79 Å². The molecule has 2 amide bonds. The summed E-state index contributed by atoms with van der Waals surface area (Å²) in [5, 5.41) is 15.2. The Labute approximate surface area is 114 Å². The van der Waals surface area contributed by atoms with E-state index in [9.17, 15) is 9.90 Å². The van der Waals surface area contributed by atoms with Crippen LogP contribution in [-0.4, -0.2) is 41.3 Å². The zero-order chi connectivity index (χ0) is 13.4. The number of thioether (sulfide) groups is 1. The van der Waals surface area contributed by atoms with Crippen LogP contribution in [0.3, 0.4) is 0 Å². The summed E-state index contributed by atoms with van der Waals surface area (Å²) in [5.74, 6) is 0. The zero-order valence-corrected chi connectivity index (χ0v) is 12.3. The van der Waals surface area contributed by atoms with E-state index in [0.29, 0.717) is 6.04 Å². The van der Waals surface area contributed by atoms with E-state index in [2.05, 4.69) is 10.6 Å². The van der Waals surface area contributed by atoms with Gasteiger partial charge in [0.2, 0.25) is 0 Å². The predicted octanol–water partition coefficient (Wildman–Crippen LogP) is 2.12. The maximum atomic E-state index is 11.9. The second kappa shape index (κ2) is 8.64. The molecule has 0 radical (unpaired) electrons. The summed E-state index contributed by atoms with van der Waals surface area (Å²) in [6.45, 7) is 2.02. The Hall–Kier alpha value is -0.420. The van der Waals surface area contributed by atoms with E-state index in [0.717, 1.165) is 12.8 Å². The first-order valence-electron chi connectivity index (χ1n) is 6.88. The number of urea groups is 1. The fourth-order valence-electron chi connectivity index (χ4n) is 2.39. The number of nitrogens with one attached hydrogen (secondary N) is 2. The van der Waals surface area contributed by atoms with Crippen LogP contribution in [0.2, 0.25) is 0 Å². The lowest BCUT2D eigenvalue weighted by Gasteiger charge is -2.23. The molecule has 18 heavy (non-hydrogen) atoms. The average molecular weight is 274 g/mol. The minimum absolute atomic E-state index is 0.0178. The standard InChI is InChI=1S/C13H26N2O2S/c1-10(12(9-16)18-2)14-13(17)15-11-7-5-3-4-6-8-11/h10-12,16H,3-9H2,1-2H3,(H2,14,15,17). The van der Waals surface area contributed by atoms with Crippen LogP contribution < -0.4 is 10.6 Å². The molecular formula is C13H26N2O2S. The first kappa shape index (κ1) is 15.6. The lowest BCUT2D eigenvalue weighted by molar-refractivity contribution is 0.227. The average Bonchev–Trinajstić information content (AvgIpc) is 2.59. The highest BCUT2D eigenvalue weighted by atomic mass is 32.2. The van der Waals surface area contributed by atoms with Gasteiger partial charge < -0.3 is 15.7 Å². The Morgan fingerprint density at radius 3 is 2.44 bits per heavy atom. The van der Waals surface area contributed by atoms with Gasteiger partial charge in [0.1, 0.15) is 0 Å². The quantitative estimate of drug-likeness (QED) is 0.673. The maximum absolute atomic E-state index is 11.9. The Bertz CT molecular complexity index is 233. The fraction of sp³-hybridized carbons (Fsp3) is 0.923. The number of amides is 2. The van der Waals surface area contributed by atoms with Crippen LogP contribution in [0.1, 0.15) is 45.4 Å². The van der Waals surface area contributed by atoms with Crippen molar-refractivity contribution in [2.75, 3.05) is 12.9 Å². The molecule has 0 aromatic carbocycles. The van der Waals surface area contributed by atoms with Gasteiger partial charge in [0, 0.05) is 17.3 Å². The third kappa shape index (κ3) is 5.48. The van der Waals surface area contributed by atoms with Crippen molar-refractivity contribution < 1.29 is 9.90 Å². The highest BCUT2D eigenvalue weighted by molar-refractivity contribution is 7.99. The van der Waals surface area contributed by atoms with Gasteiger partial charge in [-0.3, -0.25) is 0 Å². The fourth-order valence-corrected chi connectivity index (χ4v) is 3.01. The number of hydrogen-bond donors (Lipinski definition) is 3. The molecule has 106 valence electrons. The van der Waals surface area contributed by atoms with Crippen LogP contribution in [0.25, 0.3) is 0 Å². The second-order valence-electron chi connectivity index (χ2n) is 5.05. The molecule has 1 aliphatic carbocycles. The Balaban J connectivity index is 2.31. The third-order valence-corrected chi connectivity index (χ3v) is 4.75. The summed E-state index contributed by atoms with van der Waals surface area (Å²) in [4.78, 5) is 11.9. The van der Waals surface area contributed by atoms with Gasteiger partial charge in [-0.15, -0.1) is 0 Å². The highest BCUT2D eigenvalue weighted by Crippen LogP contribution is 2.17. The predicted molar refractivity (Wildman–Crippen MR) is 77.0 cm³/mol. The van der Waals surface area contributed by atoms with Gasteiger partial charge >= 0.3 is 6.03 Å². The molecule has 0 saturated heterocycles. The summed E-state index contributed by atoms with van der Waals surface area (Å²) < 4.78 is 0. The van der Waals surface area contributed by atoms with E-state index in [1.54, 1.807) is 11.8 Å². The molecule has 0 spiro atoms. The molecule has 1 rings (SSSR count). The molecule has 1 saturated carbocycles. The van der Waals surface area contributed by atoms with Crippen molar-refractivity contribution in [2.45, 2.75) is 62.8 Å². The number of carbonyl (C=O) groups excluding carboxylic acids is 1. The third-order valence-electron chi connectivity index (χ3n) is 3.59. The molecule has 1 fully saturated rings. The summed E-state index contributed by atoms with van der Waals surface area (Å²) >= 11 is 1.58. The number of rotatable bonds is 5. The van der Waals surface area contributed by atoms with Crippen LogP contribution in [0.15, 0.2) is 0 Å².